The minimum Gasteiger partial charge on any atom is -0.379 e. The molecule has 0 unspecified atom stereocenters. The summed E-state index contributed by atoms with van der Waals surface area (Å²) in [5.41, 5.74) is 2.06. The van der Waals surface area contributed by atoms with Crippen molar-refractivity contribution in [2.45, 2.75) is 37.3 Å². The maximum absolute atomic E-state index is 11.9. The third-order valence-electron chi connectivity index (χ3n) is 3.03. The fourth-order valence-electron chi connectivity index (χ4n) is 2.00. The predicted octanol–water partition coefficient (Wildman–Crippen LogP) is 3.24. The summed E-state index contributed by atoms with van der Waals surface area (Å²) >= 11 is 1.89. The molecule has 0 aliphatic carbocycles. The summed E-state index contributed by atoms with van der Waals surface area (Å²) in [4.78, 5) is 11.9. The third kappa shape index (κ3) is 5.06. The molecule has 2 rings (SSSR count). The minimum absolute atomic E-state index is 0.134. The van der Waals surface area contributed by atoms with Crippen molar-refractivity contribution in [3.63, 3.8) is 0 Å². The second-order valence-electron chi connectivity index (χ2n) is 5.22. The van der Waals surface area contributed by atoms with E-state index < -0.39 is 0 Å². The summed E-state index contributed by atoms with van der Waals surface area (Å²) in [5, 5.41) is 6.41. The third-order valence-corrected chi connectivity index (χ3v) is 4.20. The van der Waals surface area contributed by atoms with Crippen LogP contribution in [0, 0.1) is 0 Å². The Balaban J connectivity index is 1.85. The van der Waals surface area contributed by atoms with Crippen LogP contribution in [0.25, 0.3) is 0 Å². The Morgan fingerprint density at radius 2 is 2.35 bits per heavy atom. The molecule has 1 fully saturated rings. The molecule has 1 heterocycles. The van der Waals surface area contributed by atoms with Crippen molar-refractivity contribution in [2.75, 3.05) is 18.5 Å². The van der Waals surface area contributed by atoms with Gasteiger partial charge in [0.25, 0.3) is 0 Å². The van der Waals surface area contributed by atoms with E-state index >= 15 is 0 Å². The highest BCUT2D eigenvalue weighted by atomic mass is 32.2. The lowest BCUT2D eigenvalue weighted by atomic mass is 10.2. The van der Waals surface area contributed by atoms with Crippen LogP contribution in [-0.4, -0.2) is 30.5 Å². The Morgan fingerprint density at radius 1 is 1.50 bits per heavy atom. The van der Waals surface area contributed by atoms with Gasteiger partial charge < -0.3 is 15.4 Å². The number of rotatable bonds is 5. The van der Waals surface area contributed by atoms with Gasteiger partial charge in [-0.3, -0.25) is 0 Å². The fourth-order valence-corrected chi connectivity index (χ4v) is 2.71. The number of urea groups is 1. The quantitative estimate of drug-likeness (QED) is 0.876. The Labute approximate surface area is 124 Å². The number of nitrogens with one attached hydrogen (secondary N) is 2. The van der Waals surface area contributed by atoms with Gasteiger partial charge in [0.15, 0.2) is 0 Å². The predicted molar refractivity (Wildman–Crippen MR) is 84.3 cm³/mol. The van der Waals surface area contributed by atoms with Crippen LogP contribution < -0.4 is 10.6 Å². The van der Waals surface area contributed by atoms with Crippen molar-refractivity contribution in [2.24, 2.45) is 0 Å². The Bertz CT molecular complexity index is 445. The molecule has 2 amide bonds. The highest BCUT2D eigenvalue weighted by Crippen LogP contribution is 2.19. The van der Waals surface area contributed by atoms with Crippen LogP contribution in [0.2, 0.25) is 0 Å². The lowest BCUT2D eigenvalue weighted by Crippen LogP contribution is -2.38. The van der Waals surface area contributed by atoms with Gasteiger partial charge in [0.1, 0.15) is 0 Å². The average molecular weight is 294 g/mol. The molecular weight excluding hydrogens is 272 g/mol. The monoisotopic (exact) mass is 294 g/mol. The average Bonchev–Trinajstić information content (AvgIpc) is 2.89. The van der Waals surface area contributed by atoms with E-state index in [1.54, 1.807) is 0 Å². The van der Waals surface area contributed by atoms with Gasteiger partial charge in [-0.1, -0.05) is 26.0 Å². The molecule has 0 spiro atoms. The largest absolute Gasteiger partial charge is 0.379 e. The van der Waals surface area contributed by atoms with Gasteiger partial charge in [0, 0.05) is 18.0 Å². The first-order chi connectivity index (χ1) is 9.63. The summed E-state index contributed by atoms with van der Waals surface area (Å²) in [6, 6.07) is 7.98. The maximum atomic E-state index is 11.9. The molecule has 1 aromatic carbocycles. The number of carbonyl (C=O) groups excluding carboxylic acids is 1. The molecule has 0 saturated carbocycles. The van der Waals surface area contributed by atoms with Gasteiger partial charge in [-0.25, -0.2) is 4.79 Å². The molecule has 110 valence electrons. The first kappa shape index (κ1) is 15.2. The number of thioether (sulfide) groups is 1. The number of anilines is 1. The molecular formula is C15H22N2O2S. The van der Waals surface area contributed by atoms with Gasteiger partial charge in [-0.2, -0.15) is 11.8 Å². The van der Waals surface area contributed by atoms with Crippen molar-refractivity contribution < 1.29 is 9.53 Å². The molecule has 0 bridgehead atoms. The van der Waals surface area contributed by atoms with E-state index in [0.717, 1.165) is 24.5 Å². The molecule has 2 N–H and O–H groups in total. The topological polar surface area (TPSA) is 50.4 Å². The van der Waals surface area contributed by atoms with Gasteiger partial charge in [0.05, 0.1) is 12.6 Å². The van der Waals surface area contributed by atoms with Crippen molar-refractivity contribution in [3.05, 3.63) is 29.8 Å². The smallest absolute Gasteiger partial charge is 0.319 e. The van der Waals surface area contributed by atoms with E-state index in [4.69, 9.17) is 4.74 Å². The number of ether oxygens (including phenoxy) is 1. The maximum Gasteiger partial charge on any atom is 0.319 e. The molecule has 1 aromatic rings. The number of benzene rings is 1. The van der Waals surface area contributed by atoms with E-state index in [1.807, 2.05) is 30.0 Å². The van der Waals surface area contributed by atoms with Crippen LogP contribution in [0.1, 0.15) is 25.8 Å². The lowest BCUT2D eigenvalue weighted by Gasteiger charge is -2.12. The molecule has 20 heavy (non-hydrogen) atoms. The van der Waals surface area contributed by atoms with Crippen molar-refractivity contribution in [1.82, 2.24) is 5.32 Å². The molecule has 0 radical (unpaired) electrons. The van der Waals surface area contributed by atoms with Crippen LogP contribution in [0.5, 0.6) is 0 Å². The van der Waals surface area contributed by atoms with Crippen LogP contribution >= 0.6 is 11.8 Å². The second kappa shape index (κ2) is 7.55. The van der Waals surface area contributed by atoms with E-state index in [0.29, 0.717) is 11.9 Å². The summed E-state index contributed by atoms with van der Waals surface area (Å²) in [5.74, 6) is 0.964. The summed E-state index contributed by atoms with van der Waals surface area (Å²) in [6.45, 7) is 5.71. The Kier molecular flexibility index (Phi) is 5.73. The van der Waals surface area contributed by atoms with Gasteiger partial charge in [-0.05, 0) is 29.4 Å². The minimum atomic E-state index is -0.158. The zero-order valence-electron chi connectivity index (χ0n) is 12.0. The van der Waals surface area contributed by atoms with E-state index in [1.165, 1.54) is 5.56 Å². The first-order valence-corrected chi connectivity index (χ1v) is 8.04. The lowest BCUT2D eigenvalue weighted by molar-refractivity contribution is 0.189. The fraction of sp³-hybridized carbons (Fsp3) is 0.533. The standard InChI is InChI=1S/C15H22N2O2S/c1-11(2)20-10-12-4-3-5-13(8-12)16-15(18)17-14-6-7-19-9-14/h3-5,8,11,14H,6-7,9-10H2,1-2H3,(H2,16,17,18)/t14-/m0/s1. The molecule has 4 nitrogen and oxygen atoms in total. The number of amides is 2. The molecule has 1 aliphatic rings. The molecule has 0 aromatic heterocycles. The van der Waals surface area contributed by atoms with E-state index in [9.17, 15) is 4.79 Å². The van der Waals surface area contributed by atoms with Crippen LogP contribution in [0.3, 0.4) is 0 Å². The zero-order chi connectivity index (χ0) is 14.4. The normalized spacial score (nSPS) is 18.2. The van der Waals surface area contributed by atoms with Gasteiger partial charge in [0.2, 0.25) is 0 Å². The van der Waals surface area contributed by atoms with Crippen LogP contribution in [0.4, 0.5) is 10.5 Å². The Hall–Kier alpha value is -1.20. The summed E-state index contributed by atoms with van der Waals surface area (Å²) < 4.78 is 5.24. The highest BCUT2D eigenvalue weighted by Gasteiger charge is 2.17. The van der Waals surface area contributed by atoms with Crippen LogP contribution in [0.15, 0.2) is 24.3 Å². The van der Waals surface area contributed by atoms with Crippen molar-refractivity contribution in [1.29, 1.82) is 0 Å². The zero-order valence-corrected chi connectivity index (χ0v) is 12.8. The van der Waals surface area contributed by atoms with E-state index in [-0.39, 0.29) is 12.1 Å². The number of hydrogen-bond donors (Lipinski definition) is 2. The number of carbonyl (C=O) groups is 1. The molecule has 1 aliphatic heterocycles. The van der Waals surface area contributed by atoms with Crippen molar-refractivity contribution in [3.8, 4) is 0 Å². The van der Waals surface area contributed by atoms with Gasteiger partial charge >= 0.3 is 6.03 Å². The summed E-state index contributed by atoms with van der Waals surface area (Å²) in [7, 11) is 0. The number of hydrogen-bond acceptors (Lipinski definition) is 3. The van der Waals surface area contributed by atoms with E-state index in [2.05, 4.69) is 30.5 Å². The first-order valence-electron chi connectivity index (χ1n) is 6.99. The van der Waals surface area contributed by atoms with Crippen LogP contribution in [-0.2, 0) is 10.5 Å². The molecule has 5 heteroatoms. The summed E-state index contributed by atoms with van der Waals surface area (Å²) in [6.07, 6.45) is 0.887. The Morgan fingerprint density at radius 3 is 3.05 bits per heavy atom. The highest BCUT2D eigenvalue weighted by molar-refractivity contribution is 7.99. The van der Waals surface area contributed by atoms with Crippen molar-refractivity contribution >= 4 is 23.5 Å². The SMILES string of the molecule is CC(C)SCc1cccc(NC(=O)N[C@H]2CCOC2)c1. The van der Waals surface area contributed by atoms with Gasteiger partial charge in [-0.15, -0.1) is 0 Å². The molecule has 1 atom stereocenters. The molecule has 1 saturated heterocycles. The second-order valence-corrected chi connectivity index (χ2v) is 6.78.